The molecule has 0 saturated carbocycles. The number of benzene rings is 2. The molecule has 24 heavy (non-hydrogen) atoms. The maximum absolute atomic E-state index is 12.0. The number of carbonyl (C=O) groups is 1. The molecular weight excluding hydrogens is 296 g/mol. The minimum atomic E-state index is 0.0473. The summed E-state index contributed by atoms with van der Waals surface area (Å²) in [4.78, 5) is 14.3. The second kappa shape index (κ2) is 8.33. The van der Waals surface area contributed by atoms with E-state index in [1.807, 2.05) is 36.4 Å². The average Bonchev–Trinajstić information content (AvgIpc) is 3.09. The summed E-state index contributed by atoms with van der Waals surface area (Å²) in [5, 5.41) is 2.88. The molecule has 1 N–H and O–H groups in total. The molecule has 0 aromatic heterocycles. The number of hydrogen-bond acceptors (Lipinski definition) is 2. The van der Waals surface area contributed by atoms with Crippen molar-refractivity contribution in [2.45, 2.75) is 12.3 Å². The summed E-state index contributed by atoms with van der Waals surface area (Å²) in [6.07, 6.45) is 1.12. The summed E-state index contributed by atoms with van der Waals surface area (Å²) in [6, 6.07) is 20.3. The van der Waals surface area contributed by atoms with Gasteiger partial charge in [0.2, 0.25) is 5.91 Å². The zero-order valence-corrected chi connectivity index (χ0v) is 13.7. The number of hydrogen-bond donors (Lipinski definition) is 1. The molecule has 0 radical (unpaired) electrons. The van der Waals surface area contributed by atoms with Crippen molar-refractivity contribution in [2.24, 2.45) is 0 Å². The molecule has 1 amide bonds. The number of nitrogens with one attached hydrogen (secondary N) is 1. The Bertz CT molecular complexity index is 716. The highest BCUT2D eigenvalue weighted by Crippen LogP contribution is 2.26. The molecule has 1 atom stereocenters. The van der Waals surface area contributed by atoms with Crippen molar-refractivity contribution in [3.63, 3.8) is 0 Å². The van der Waals surface area contributed by atoms with Crippen LogP contribution in [0.5, 0.6) is 0 Å². The van der Waals surface area contributed by atoms with Crippen LogP contribution in [0.1, 0.15) is 23.5 Å². The Hall–Kier alpha value is -2.57. The SMILES string of the molecule is O=C(CN1CCC(c2ccccc2)C1)NCC#Cc1ccccc1. The second-order valence-electron chi connectivity index (χ2n) is 6.08. The van der Waals surface area contributed by atoms with Crippen LogP contribution in [-0.2, 0) is 4.79 Å². The molecule has 0 aliphatic carbocycles. The van der Waals surface area contributed by atoms with Gasteiger partial charge in [-0.05, 0) is 36.6 Å². The first-order chi connectivity index (χ1) is 11.8. The van der Waals surface area contributed by atoms with Gasteiger partial charge < -0.3 is 5.32 Å². The maximum Gasteiger partial charge on any atom is 0.234 e. The van der Waals surface area contributed by atoms with Gasteiger partial charge in [0.1, 0.15) is 0 Å². The Balaban J connectivity index is 1.41. The Kier molecular flexibility index (Phi) is 5.65. The molecule has 3 heteroatoms. The highest BCUT2D eigenvalue weighted by atomic mass is 16.2. The van der Waals surface area contributed by atoms with Crippen molar-refractivity contribution in [2.75, 3.05) is 26.2 Å². The predicted molar refractivity (Wildman–Crippen MR) is 96.6 cm³/mol. The Morgan fingerprint density at radius 1 is 1.08 bits per heavy atom. The molecule has 1 aliphatic rings. The molecule has 1 aliphatic heterocycles. The van der Waals surface area contributed by atoms with Crippen LogP contribution >= 0.6 is 0 Å². The number of carbonyl (C=O) groups excluding carboxylic acids is 1. The van der Waals surface area contributed by atoms with E-state index in [4.69, 9.17) is 0 Å². The molecule has 1 unspecified atom stereocenters. The number of rotatable bonds is 4. The van der Waals surface area contributed by atoms with E-state index in [-0.39, 0.29) is 5.91 Å². The van der Waals surface area contributed by atoms with Gasteiger partial charge in [-0.1, -0.05) is 60.4 Å². The van der Waals surface area contributed by atoms with Crippen LogP contribution in [0.15, 0.2) is 60.7 Å². The summed E-state index contributed by atoms with van der Waals surface area (Å²) in [7, 11) is 0. The van der Waals surface area contributed by atoms with Crippen LogP contribution in [0, 0.1) is 11.8 Å². The van der Waals surface area contributed by atoms with Gasteiger partial charge in [0.05, 0.1) is 13.1 Å². The lowest BCUT2D eigenvalue weighted by atomic mass is 9.99. The van der Waals surface area contributed by atoms with Crippen molar-refractivity contribution < 1.29 is 4.79 Å². The van der Waals surface area contributed by atoms with Gasteiger partial charge in [0.25, 0.3) is 0 Å². The third kappa shape index (κ3) is 4.71. The van der Waals surface area contributed by atoms with E-state index in [9.17, 15) is 4.79 Å². The molecule has 122 valence electrons. The lowest BCUT2D eigenvalue weighted by Crippen LogP contribution is -2.36. The molecule has 2 aromatic carbocycles. The highest BCUT2D eigenvalue weighted by molar-refractivity contribution is 5.78. The molecule has 3 rings (SSSR count). The number of likely N-dealkylation sites (tertiary alicyclic amines) is 1. The van der Waals surface area contributed by atoms with Crippen LogP contribution in [0.4, 0.5) is 0 Å². The van der Waals surface area contributed by atoms with Gasteiger partial charge in [-0.15, -0.1) is 0 Å². The standard InChI is InChI=1S/C21H22N2O/c24-21(22-14-7-10-18-8-3-1-4-9-18)17-23-15-13-20(16-23)19-11-5-2-6-12-19/h1-6,8-9,11-12,20H,13-17H2,(H,22,24). The van der Waals surface area contributed by atoms with E-state index in [1.165, 1.54) is 5.56 Å². The zero-order valence-electron chi connectivity index (χ0n) is 13.7. The largest absolute Gasteiger partial charge is 0.344 e. The van der Waals surface area contributed by atoms with Crippen LogP contribution in [0.25, 0.3) is 0 Å². The molecule has 3 nitrogen and oxygen atoms in total. The second-order valence-corrected chi connectivity index (χ2v) is 6.08. The lowest BCUT2D eigenvalue weighted by molar-refractivity contribution is -0.121. The van der Waals surface area contributed by atoms with E-state index in [2.05, 4.69) is 46.3 Å². The molecule has 1 saturated heterocycles. The van der Waals surface area contributed by atoms with Gasteiger partial charge in [0.15, 0.2) is 0 Å². The Morgan fingerprint density at radius 2 is 1.79 bits per heavy atom. The zero-order chi connectivity index (χ0) is 16.6. The van der Waals surface area contributed by atoms with E-state index < -0.39 is 0 Å². The van der Waals surface area contributed by atoms with Gasteiger partial charge in [-0.25, -0.2) is 0 Å². The summed E-state index contributed by atoms with van der Waals surface area (Å²) in [6.45, 7) is 2.77. The van der Waals surface area contributed by atoms with E-state index in [0.717, 1.165) is 25.1 Å². The fourth-order valence-electron chi connectivity index (χ4n) is 3.04. The van der Waals surface area contributed by atoms with Crippen LogP contribution in [0.2, 0.25) is 0 Å². The monoisotopic (exact) mass is 318 g/mol. The normalized spacial score (nSPS) is 17.1. The lowest BCUT2D eigenvalue weighted by Gasteiger charge is -2.15. The van der Waals surface area contributed by atoms with E-state index in [1.54, 1.807) is 0 Å². The van der Waals surface area contributed by atoms with Crippen molar-refractivity contribution in [1.29, 1.82) is 0 Å². The van der Waals surface area contributed by atoms with Crippen molar-refractivity contribution in [3.8, 4) is 11.8 Å². The quantitative estimate of drug-likeness (QED) is 0.879. The fraction of sp³-hybridized carbons (Fsp3) is 0.286. The molecule has 1 fully saturated rings. The highest BCUT2D eigenvalue weighted by Gasteiger charge is 2.24. The number of nitrogens with zero attached hydrogens (tertiary/aromatic N) is 1. The third-order valence-electron chi connectivity index (χ3n) is 4.29. The van der Waals surface area contributed by atoms with Crippen LogP contribution in [-0.4, -0.2) is 37.0 Å². The molecule has 0 bridgehead atoms. The smallest absolute Gasteiger partial charge is 0.234 e. The van der Waals surface area contributed by atoms with E-state index >= 15 is 0 Å². The molecule has 0 spiro atoms. The van der Waals surface area contributed by atoms with Gasteiger partial charge in [-0.2, -0.15) is 0 Å². The summed E-state index contributed by atoms with van der Waals surface area (Å²) < 4.78 is 0. The van der Waals surface area contributed by atoms with Crippen molar-refractivity contribution in [1.82, 2.24) is 10.2 Å². The maximum atomic E-state index is 12.0. The summed E-state index contributed by atoms with van der Waals surface area (Å²) in [5.74, 6) is 6.62. The van der Waals surface area contributed by atoms with Gasteiger partial charge in [-0.3, -0.25) is 9.69 Å². The first kappa shape index (κ1) is 16.3. The fourth-order valence-corrected chi connectivity index (χ4v) is 3.04. The van der Waals surface area contributed by atoms with E-state index in [0.29, 0.717) is 19.0 Å². The van der Waals surface area contributed by atoms with Crippen LogP contribution in [0.3, 0.4) is 0 Å². The molecule has 2 aromatic rings. The van der Waals surface area contributed by atoms with Crippen molar-refractivity contribution in [3.05, 3.63) is 71.8 Å². The number of amides is 1. The minimum absolute atomic E-state index is 0.0473. The van der Waals surface area contributed by atoms with Gasteiger partial charge in [0, 0.05) is 12.1 Å². The molecule has 1 heterocycles. The third-order valence-corrected chi connectivity index (χ3v) is 4.29. The minimum Gasteiger partial charge on any atom is -0.344 e. The Morgan fingerprint density at radius 3 is 2.54 bits per heavy atom. The van der Waals surface area contributed by atoms with Gasteiger partial charge >= 0.3 is 0 Å². The summed E-state index contributed by atoms with van der Waals surface area (Å²) in [5.41, 5.74) is 2.34. The topological polar surface area (TPSA) is 32.3 Å². The predicted octanol–water partition coefficient (Wildman–Crippen LogP) is 2.64. The van der Waals surface area contributed by atoms with Crippen LogP contribution < -0.4 is 5.32 Å². The first-order valence-electron chi connectivity index (χ1n) is 8.39. The Labute approximate surface area is 143 Å². The van der Waals surface area contributed by atoms with Crippen molar-refractivity contribution >= 4 is 5.91 Å². The first-order valence-corrected chi connectivity index (χ1v) is 8.39. The summed E-state index contributed by atoms with van der Waals surface area (Å²) >= 11 is 0. The average molecular weight is 318 g/mol. The molecular formula is C21H22N2O.